The Kier molecular flexibility index (Phi) is 2.32. The highest BCUT2D eigenvalue weighted by Gasteiger charge is 2.07. The largest absolute Gasteiger partial charge is 0.507 e. The first-order valence-corrected chi connectivity index (χ1v) is 5.37. The summed E-state index contributed by atoms with van der Waals surface area (Å²) in [5, 5.41) is 21.1. The van der Waals surface area contributed by atoms with Crippen molar-refractivity contribution in [1.82, 2.24) is 0 Å². The smallest absolute Gasteiger partial charge is 0.134 e. The van der Waals surface area contributed by atoms with Gasteiger partial charge >= 0.3 is 0 Å². The number of rotatable bonds is 1. The molecular formula is C10H6ClNOS. The molecule has 0 bridgehead atoms. The Morgan fingerprint density at radius 2 is 2.29 bits per heavy atom. The van der Waals surface area contributed by atoms with Crippen molar-refractivity contribution in [2.45, 2.75) is 5.88 Å². The van der Waals surface area contributed by atoms with E-state index in [1.165, 1.54) is 11.3 Å². The van der Waals surface area contributed by atoms with Crippen LogP contribution in [-0.4, -0.2) is 5.11 Å². The predicted octanol–water partition coefficient (Wildman–Crippen LogP) is 3.22. The Labute approximate surface area is 90.0 Å². The van der Waals surface area contributed by atoms with Crippen LogP contribution >= 0.6 is 22.9 Å². The van der Waals surface area contributed by atoms with E-state index >= 15 is 0 Å². The summed E-state index contributed by atoms with van der Waals surface area (Å²) in [6.07, 6.45) is 0. The zero-order valence-corrected chi connectivity index (χ0v) is 8.69. The highest BCUT2D eigenvalue weighted by atomic mass is 35.5. The van der Waals surface area contributed by atoms with E-state index in [0.29, 0.717) is 11.4 Å². The molecule has 0 atom stereocenters. The summed E-state index contributed by atoms with van der Waals surface area (Å²) in [7, 11) is 0. The number of phenolic OH excluding ortho intramolecular Hbond substituents is 1. The lowest BCUT2D eigenvalue weighted by Crippen LogP contribution is -1.78. The summed E-state index contributed by atoms with van der Waals surface area (Å²) in [6, 6.07) is 5.23. The molecule has 14 heavy (non-hydrogen) atoms. The monoisotopic (exact) mass is 223 g/mol. The Bertz CT molecular complexity index is 527. The van der Waals surface area contributed by atoms with E-state index in [2.05, 4.69) is 0 Å². The molecule has 2 nitrogen and oxygen atoms in total. The minimum Gasteiger partial charge on any atom is -0.507 e. The molecule has 1 heterocycles. The molecule has 0 aliphatic rings. The maximum atomic E-state index is 9.44. The van der Waals surface area contributed by atoms with Gasteiger partial charge < -0.3 is 5.11 Å². The summed E-state index contributed by atoms with van der Waals surface area (Å²) in [6.45, 7) is 0. The molecular weight excluding hydrogens is 218 g/mol. The maximum absolute atomic E-state index is 9.44. The highest BCUT2D eigenvalue weighted by molar-refractivity contribution is 7.17. The van der Waals surface area contributed by atoms with E-state index in [-0.39, 0.29) is 5.75 Å². The van der Waals surface area contributed by atoms with E-state index < -0.39 is 0 Å². The molecule has 0 fully saturated rings. The van der Waals surface area contributed by atoms with Crippen LogP contribution in [0.25, 0.3) is 10.1 Å². The van der Waals surface area contributed by atoms with Crippen LogP contribution in [0.4, 0.5) is 0 Å². The summed E-state index contributed by atoms with van der Waals surface area (Å²) < 4.78 is 0.956. The first-order chi connectivity index (χ1) is 6.76. The maximum Gasteiger partial charge on any atom is 0.134 e. The number of alkyl halides is 1. The van der Waals surface area contributed by atoms with Crippen molar-refractivity contribution in [1.29, 1.82) is 5.26 Å². The fraction of sp³-hybridized carbons (Fsp3) is 0.100. The lowest BCUT2D eigenvalue weighted by Gasteiger charge is -1.97. The van der Waals surface area contributed by atoms with Crippen molar-refractivity contribution in [2.75, 3.05) is 0 Å². The van der Waals surface area contributed by atoms with Gasteiger partial charge in [0.15, 0.2) is 0 Å². The molecule has 0 aliphatic carbocycles. The number of nitriles is 1. The Morgan fingerprint density at radius 1 is 1.50 bits per heavy atom. The second-order valence-corrected chi connectivity index (χ2v) is 4.05. The number of hydrogen-bond acceptors (Lipinski definition) is 3. The van der Waals surface area contributed by atoms with Crippen LogP contribution in [0.2, 0.25) is 0 Å². The predicted molar refractivity (Wildman–Crippen MR) is 57.8 cm³/mol. The van der Waals surface area contributed by atoms with Crippen LogP contribution in [0.3, 0.4) is 0 Å². The van der Waals surface area contributed by atoms with Gasteiger partial charge in [-0.1, -0.05) is 0 Å². The van der Waals surface area contributed by atoms with Gasteiger partial charge in [-0.05, 0) is 28.5 Å². The van der Waals surface area contributed by atoms with E-state index in [9.17, 15) is 5.11 Å². The van der Waals surface area contributed by atoms with Gasteiger partial charge in [-0.15, -0.1) is 22.9 Å². The highest BCUT2D eigenvalue weighted by Crippen LogP contribution is 2.32. The van der Waals surface area contributed by atoms with Crippen LogP contribution in [-0.2, 0) is 5.88 Å². The van der Waals surface area contributed by atoms with Crippen molar-refractivity contribution in [3.63, 3.8) is 0 Å². The molecule has 2 rings (SSSR count). The van der Waals surface area contributed by atoms with Crippen molar-refractivity contribution in [3.8, 4) is 11.8 Å². The lowest BCUT2D eigenvalue weighted by atomic mass is 10.1. The average molecular weight is 224 g/mol. The standard InChI is InChI=1S/C10H6ClNOS/c11-3-7-5-14-10-2-9(13)6(4-12)1-8(7)10/h1-2,5,13H,3H2. The lowest BCUT2D eigenvalue weighted by molar-refractivity contribution is 0.474. The van der Waals surface area contributed by atoms with Gasteiger partial charge in [-0.2, -0.15) is 5.26 Å². The van der Waals surface area contributed by atoms with Crippen LogP contribution in [0, 0.1) is 11.3 Å². The van der Waals surface area contributed by atoms with Crippen molar-refractivity contribution < 1.29 is 5.11 Å². The number of nitrogens with zero attached hydrogens (tertiary/aromatic N) is 1. The number of aromatic hydroxyl groups is 1. The molecule has 1 aromatic carbocycles. The molecule has 1 aromatic heterocycles. The first-order valence-electron chi connectivity index (χ1n) is 3.95. The van der Waals surface area contributed by atoms with Gasteiger partial charge in [0, 0.05) is 10.6 Å². The minimum atomic E-state index is 0.0305. The average Bonchev–Trinajstić information content (AvgIpc) is 2.58. The molecule has 0 spiro atoms. The molecule has 2 aromatic rings. The summed E-state index contributed by atoms with van der Waals surface area (Å²) in [5.74, 6) is 0.457. The van der Waals surface area contributed by atoms with Gasteiger partial charge in [-0.3, -0.25) is 0 Å². The Morgan fingerprint density at radius 3 is 2.93 bits per heavy atom. The van der Waals surface area contributed by atoms with Gasteiger partial charge in [0.1, 0.15) is 11.8 Å². The Balaban J connectivity index is 2.78. The number of phenols is 1. The molecule has 0 unspecified atom stereocenters. The summed E-state index contributed by atoms with van der Waals surface area (Å²) in [4.78, 5) is 0. The molecule has 0 saturated heterocycles. The molecule has 0 aliphatic heterocycles. The second kappa shape index (κ2) is 3.49. The van der Waals surface area contributed by atoms with E-state index in [1.807, 2.05) is 11.4 Å². The van der Waals surface area contributed by atoms with Crippen LogP contribution in [0.1, 0.15) is 11.1 Å². The number of benzene rings is 1. The van der Waals surface area contributed by atoms with Gasteiger partial charge in [0.25, 0.3) is 0 Å². The summed E-state index contributed by atoms with van der Waals surface area (Å²) in [5.41, 5.74) is 1.30. The van der Waals surface area contributed by atoms with Crippen LogP contribution in [0.5, 0.6) is 5.75 Å². The van der Waals surface area contributed by atoms with Crippen molar-refractivity contribution in [3.05, 3.63) is 28.6 Å². The topological polar surface area (TPSA) is 44.0 Å². The number of hydrogen-bond donors (Lipinski definition) is 1. The zero-order valence-electron chi connectivity index (χ0n) is 7.12. The van der Waals surface area contributed by atoms with Crippen molar-refractivity contribution >= 4 is 33.0 Å². The SMILES string of the molecule is N#Cc1cc2c(CCl)csc2cc1O. The molecule has 0 saturated carbocycles. The third kappa shape index (κ3) is 1.33. The first kappa shape index (κ1) is 9.32. The van der Waals surface area contributed by atoms with Crippen molar-refractivity contribution in [2.24, 2.45) is 0 Å². The molecule has 0 radical (unpaired) electrons. The van der Waals surface area contributed by atoms with Crippen LogP contribution in [0.15, 0.2) is 17.5 Å². The fourth-order valence-electron chi connectivity index (χ4n) is 1.31. The molecule has 70 valence electrons. The zero-order chi connectivity index (χ0) is 10.1. The third-order valence-electron chi connectivity index (χ3n) is 2.04. The third-order valence-corrected chi connectivity index (χ3v) is 3.32. The van der Waals surface area contributed by atoms with E-state index in [4.69, 9.17) is 16.9 Å². The normalized spacial score (nSPS) is 10.3. The van der Waals surface area contributed by atoms with E-state index in [1.54, 1.807) is 12.1 Å². The number of halogens is 1. The number of fused-ring (bicyclic) bond motifs is 1. The Hall–Kier alpha value is -1.24. The fourth-order valence-corrected chi connectivity index (χ4v) is 2.60. The van der Waals surface area contributed by atoms with Gasteiger partial charge in [-0.25, -0.2) is 0 Å². The molecule has 4 heteroatoms. The second-order valence-electron chi connectivity index (χ2n) is 2.87. The molecule has 1 N–H and O–H groups in total. The molecule has 0 amide bonds. The minimum absolute atomic E-state index is 0.0305. The van der Waals surface area contributed by atoms with Crippen LogP contribution < -0.4 is 0 Å². The summed E-state index contributed by atoms with van der Waals surface area (Å²) >= 11 is 7.26. The van der Waals surface area contributed by atoms with Gasteiger partial charge in [0.05, 0.1) is 5.56 Å². The quantitative estimate of drug-likeness (QED) is 0.755. The van der Waals surface area contributed by atoms with Gasteiger partial charge in [0.2, 0.25) is 0 Å². The number of thiophene rings is 1. The van der Waals surface area contributed by atoms with E-state index in [0.717, 1.165) is 15.6 Å².